The number of para-hydroxylation sites is 2. The van der Waals surface area contributed by atoms with Crippen molar-refractivity contribution >= 4 is 55.2 Å². The second-order valence-corrected chi connectivity index (χ2v) is 18.5. The molecule has 1 aliphatic carbocycles. The summed E-state index contributed by atoms with van der Waals surface area (Å²) in [6.45, 7) is 6.92. The minimum absolute atomic E-state index is 0.132. The van der Waals surface area contributed by atoms with Gasteiger partial charge in [-0.05, 0) is 118 Å². The molecule has 3 heterocycles. The molecule has 0 aliphatic heterocycles. The van der Waals surface area contributed by atoms with Crippen molar-refractivity contribution in [3.8, 4) is 50.5 Å². The Hall–Kier alpha value is -8.47. The highest BCUT2D eigenvalue weighted by Gasteiger charge is 2.36. The highest BCUT2D eigenvalue weighted by molar-refractivity contribution is 6.10. The molecule has 67 heavy (non-hydrogen) atoms. The lowest BCUT2D eigenvalue weighted by atomic mass is 9.82. The maximum atomic E-state index is 5.37. The fraction of sp³-hybridized carbons (Fsp3) is 0.0635. The number of nitrogens with zero attached hydrogens (tertiary/aromatic N) is 4. The Morgan fingerprint density at radius 2 is 1.03 bits per heavy atom. The van der Waals surface area contributed by atoms with Crippen molar-refractivity contribution in [3.05, 3.63) is 241 Å². The van der Waals surface area contributed by atoms with Crippen LogP contribution >= 0.6 is 0 Å². The third-order valence-corrected chi connectivity index (χ3v) is 14.3. The van der Waals surface area contributed by atoms with Crippen LogP contribution in [0.3, 0.4) is 0 Å². The van der Waals surface area contributed by atoms with Gasteiger partial charge in [-0.1, -0.05) is 166 Å². The SMILES string of the molecule is Cc1c(-c2ccc(N(c3ccc(-c4ccc5c(c4)c4ccccc4n5-c4ccccc4)cc3)c3ccc4c(c3)C(C)(C)c3ccccc3-4)cc2)nn2c(-c3ccccc3)cc3ccccc3c12. The Balaban J connectivity index is 0.922. The Morgan fingerprint density at radius 1 is 0.433 bits per heavy atom. The Kier molecular flexibility index (Phi) is 8.75. The highest BCUT2D eigenvalue weighted by Crippen LogP contribution is 2.51. The van der Waals surface area contributed by atoms with E-state index in [0.29, 0.717) is 0 Å². The van der Waals surface area contributed by atoms with Crippen molar-refractivity contribution in [2.24, 2.45) is 0 Å². The number of hydrogen-bond donors (Lipinski definition) is 0. The van der Waals surface area contributed by atoms with E-state index in [4.69, 9.17) is 5.10 Å². The van der Waals surface area contributed by atoms with Crippen LogP contribution in [-0.4, -0.2) is 14.2 Å². The van der Waals surface area contributed by atoms with E-state index < -0.39 is 0 Å². The van der Waals surface area contributed by atoms with Gasteiger partial charge in [-0.15, -0.1) is 0 Å². The second kappa shape index (κ2) is 15.0. The summed E-state index contributed by atoms with van der Waals surface area (Å²) in [5.41, 5.74) is 21.0. The third kappa shape index (κ3) is 6.10. The lowest BCUT2D eigenvalue weighted by Gasteiger charge is -2.28. The molecule has 12 aromatic rings. The molecule has 1 aliphatic rings. The zero-order chi connectivity index (χ0) is 44.8. The van der Waals surface area contributed by atoms with Crippen molar-refractivity contribution in [2.45, 2.75) is 26.2 Å². The standard InChI is InChI=1S/C63H46N4/c1-41-61(64-67-60(43-16-6-4-7-17-43)39-46-18-10-11-21-51(46)62(41)67)44-28-33-49(34-29-44)65(50-35-36-53-52-22-12-14-24-56(52)63(2,3)57(53)40-50)48-31-26-42(27-32-48)45-30-37-59-55(38-45)54-23-13-15-25-58(54)66(59)47-19-8-5-9-20-47/h4-40H,1-3H3. The van der Waals surface area contributed by atoms with E-state index in [-0.39, 0.29) is 5.41 Å². The summed E-state index contributed by atoms with van der Waals surface area (Å²) in [5, 5.41) is 10.3. The number of fused-ring (bicyclic) bond motifs is 9. The lowest BCUT2D eigenvalue weighted by Crippen LogP contribution is -2.16. The first-order chi connectivity index (χ1) is 32.9. The van der Waals surface area contributed by atoms with Gasteiger partial charge in [0, 0.05) is 61.0 Å². The number of pyridine rings is 1. The number of aromatic nitrogens is 3. The van der Waals surface area contributed by atoms with Crippen LogP contribution < -0.4 is 4.90 Å². The monoisotopic (exact) mass is 858 g/mol. The van der Waals surface area contributed by atoms with Gasteiger partial charge in [-0.2, -0.15) is 5.10 Å². The third-order valence-electron chi connectivity index (χ3n) is 14.3. The largest absolute Gasteiger partial charge is 0.310 e. The molecule has 0 unspecified atom stereocenters. The molecule has 0 fully saturated rings. The minimum atomic E-state index is -0.132. The summed E-state index contributed by atoms with van der Waals surface area (Å²) in [5.74, 6) is 0. The van der Waals surface area contributed by atoms with Gasteiger partial charge in [-0.3, -0.25) is 0 Å². The maximum Gasteiger partial charge on any atom is 0.0963 e. The van der Waals surface area contributed by atoms with E-state index in [1.165, 1.54) is 66.0 Å². The second-order valence-electron chi connectivity index (χ2n) is 18.5. The first kappa shape index (κ1) is 38.9. The molecule has 0 atom stereocenters. The van der Waals surface area contributed by atoms with Gasteiger partial charge in [0.05, 0.1) is 27.9 Å². The van der Waals surface area contributed by atoms with Gasteiger partial charge in [0.1, 0.15) is 0 Å². The van der Waals surface area contributed by atoms with Crippen LogP contribution in [0.1, 0.15) is 30.5 Å². The molecule has 0 saturated carbocycles. The van der Waals surface area contributed by atoms with Crippen molar-refractivity contribution in [3.63, 3.8) is 0 Å². The van der Waals surface area contributed by atoms with Gasteiger partial charge >= 0.3 is 0 Å². The maximum absolute atomic E-state index is 5.37. The van der Waals surface area contributed by atoms with Crippen LogP contribution in [0.4, 0.5) is 17.1 Å². The van der Waals surface area contributed by atoms with Crippen molar-refractivity contribution in [2.75, 3.05) is 4.90 Å². The predicted molar refractivity (Wildman–Crippen MR) is 280 cm³/mol. The Bertz CT molecular complexity index is 3880. The molecule has 4 heteroatoms. The lowest BCUT2D eigenvalue weighted by molar-refractivity contribution is 0.660. The predicted octanol–water partition coefficient (Wildman–Crippen LogP) is 16.7. The van der Waals surface area contributed by atoms with Gasteiger partial charge in [0.25, 0.3) is 0 Å². The zero-order valence-electron chi connectivity index (χ0n) is 37.7. The number of anilines is 3. The molecule has 0 amide bonds. The molecule has 0 radical (unpaired) electrons. The van der Waals surface area contributed by atoms with Crippen LogP contribution in [0.25, 0.3) is 88.6 Å². The number of benzene rings is 9. The molecule has 0 spiro atoms. The van der Waals surface area contributed by atoms with Crippen LogP contribution in [0.2, 0.25) is 0 Å². The van der Waals surface area contributed by atoms with Crippen molar-refractivity contribution in [1.82, 2.24) is 14.2 Å². The topological polar surface area (TPSA) is 25.5 Å². The van der Waals surface area contributed by atoms with Crippen molar-refractivity contribution in [1.29, 1.82) is 0 Å². The molecule has 318 valence electrons. The molecule has 0 N–H and O–H groups in total. The summed E-state index contributed by atoms with van der Waals surface area (Å²) >= 11 is 0. The average Bonchev–Trinajstić information content (AvgIpc) is 3.99. The molecular formula is C63H46N4. The normalized spacial score (nSPS) is 12.8. The van der Waals surface area contributed by atoms with E-state index in [1.807, 2.05) is 0 Å². The van der Waals surface area contributed by atoms with Gasteiger partial charge < -0.3 is 9.47 Å². The molecular weight excluding hydrogens is 813 g/mol. The number of rotatable bonds is 7. The first-order valence-corrected chi connectivity index (χ1v) is 23.2. The van der Waals surface area contributed by atoms with E-state index in [9.17, 15) is 0 Å². The van der Waals surface area contributed by atoms with E-state index in [2.05, 4.69) is 259 Å². The molecule has 13 rings (SSSR count). The number of aryl methyl sites for hydroxylation is 1. The van der Waals surface area contributed by atoms with Crippen LogP contribution in [0.15, 0.2) is 224 Å². The van der Waals surface area contributed by atoms with Crippen molar-refractivity contribution < 1.29 is 0 Å². The van der Waals surface area contributed by atoms with Crippen LogP contribution in [0.5, 0.6) is 0 Å². The highest BCUT2D eigenvalue weighted by atomic mass is 15.2. The van der Waals surface area contributed by atoms with E-state index >= 15 is 0 Å². The molecule has 0 bridgehead atoms. The summed E-state index contributed by atoms with van der Waals surface area (Å²) in [4.78, 5) is 2.40. The van der Waals surface area contributed by atoms with Gasteiger partial charge in [-0.25, -0.2) is 4.52 Å². The van der Waals surface area contributed by atoms with Crippen LogP contribution in [-0.2, 0) is 5.41 Å². The quantitative estimate of drug-likeness (QED) is 0.160. The van der Waals surface area contributed by atoms with Gasteiger partial charge in [0.2, 0.25) is 0 Å². The Labute approximate surface area is 390 Å². The van der Waals surface area contributed by atoms with Crippen LogP contribution in [0, 0.1) is 6.92 Å². The first-order valence-electron chi connectivity index (χ1n) is 23.2. The van der Waals surface area contributed by atoms with E-state index in [0.717, 1.165) is 56.3 Å². The molecule has 3 aromatic heterocycles. The minimum Gasteiger partial charge on any atom is -0.310 e. The summed E-state index contributed by atoms with van der Waals surface area (Å²) in [6, 6.07) is 81.8. The fourth-order valence-corrected chi connectivity index (χ4v) is 11.0. The summed E-state index contributed by atoms with van der Waals surface area (Å²) < 4.78 is 4.52. The average molecular weight is 859 g/mol. The summed E-state index contributed by atoms with van der Waals surface area (Å²) in [7, 11) is 0. The fourth-order valence-electron chi connectivity index (χ4n) is 11.0. The zero-order valence-corrected chi connectivity index (χ0v) is 37.7. The molecule has 4 nitrogen and oxygen atoms in total. The summed E-state index contributed by atoms with van der Waals surface area (Å²) in [6.07, 6.45) is 0. The smallest absolute Gasteiger partial charge is 0.0963 e. The molecule has 0 saturated heterocycles. The molecule has 9 aromatic carbocycles. The number of hydrogen-bond acceptors (Lipinski definition) is 2. The van der Waals surface area contributed by atoms with E-state index in [1.54, 1.807) is 0 Å². The Morgan fingerprint density at radius 3 is 1.81 bits per heavy atom. The van der Waals surface area contributed by atoms with Gasteiger partial charge in [0.15, 0.2) is 0 Å².